The molecule has 0 bridgehead atoms. The maximum Gasteiger partial charge on any atom is 0.294 e. The number of fused-ring (bicyclic) bond motifs is 1. The monoisotopic (exact) mass is 246 g/mol. The van der Waals surface area contributed by atoms with E-state index < -0.39 is 0 Å². The Kier molecular flexibility index (Phi) is 2.80. The van der Waals surface area contributed by atoms with E-state index in [1.54, 1.807) is 13.2 Å². The fourth-order valence-electron chi connectivity index (χ4n) is 1.84. The molecule has 1 aliphatic heterocycles. The fraction of sp³-hybridized carbons (Fsp3) is 0.308. The molecule has 0 radical (unpaired) electrons. The Morgan fingerprint density at radius 1 is 1.17 bits per heavy atom. The molecule has 0 saturated carbocycles. The molecule has 2 heterocycles. The van der Waals surface area contributed by atoms with Gasteiger partial charge in [-0.2, -0.15) is 0 Å². The van der Waals surface area contributed by atoms with Crippen LogP contribution in [0.4, 0.5) is 6.01 Å². The quantitative estimate of drug-likeness (QED) is 0.882. The number of rotatable bonds is 2. The molecule has 94 valence electrons. The van der Waals surface area contributed by atoms with Crippen LogP contribution in [-0.4, -0.2) is 25.2 Å². The van der Waals surface area contributed by atoms with Crippen molar-refractivity contribution in [1.29, 1.82) is 0 Å². The number of nitrogens with zero attached hydrogens (tertiary/aromatic N) is 1. The minimum Gasteiger partial charge on any atom is -0.490 e. The first-order chi connectivity index (χ1) is 8.86. The van der Waals surface area contributed by atoms with E-state index in [2.05, 4.69) is 10.3 Å². The summed E-state index contributed by atoms with van der Waals surface area (Å²) in [5.74, 6) is 2.24. The van der Waals surface area contributed by atoms with E-state index >= 15 is 0 Å². The number of nitrogens with one attached hydrogen (secondary N) is 1. The van der Waals surface area contributed by atoms with E-state index in [4.69, 9.17) is 13.9 Å². The van der Waals surface area contributed by atoms with Crippen LogP contribution < -0.4 is 14.8 Å². The molecule has 0 spiro atoms. The second-order valence-corrected chi connectivity index (χ2v) is 3.99. The first kappa shape index (κ1) is 11.0. The highest BCUT2D eigenvalue weighted by atomic mass is 16.5. The summed E-state index contributed by atoms with van der Waals surface area (Å²) in [4.78, 5) is 4.09. The molecule has 0 aliphatic carbocycles. The average Bonchev–Trinajstić information content (AvgIpc) is 2.76. The number of oxazole rings is 1. The van der Waals surface area contributed by atoms with Crippen LogP contribution in [-0.2, 0) is 0 Å². The van der Waals surface area contributed by atoms with Gasteiger partial charge in [0.25, 0.3) is 6.01 Å². The zero-order chi connectivity index (χ0) is 12.4. The molecule has 1 aliphatic rings. The van der Waals surface area contributed by atoms with Gasteiger partial charge in [-0.15, -0.1) is 0 Å². The van der Waals surface area contributed by atoms with E-state index in [0.717, 1.165) is 23.5 Å². The minimum absolute atomic E-state index is 0.497. The largest absolute Gasteiger partial charge is 0.490 e. The summed E-state index contributed by atoms with van der Waals surface area (Å²) in [6, 6.07) is 6.25. The van der Waals surface area contributed by atoms with E-state index in [1.807, 2.05) is 18.2 Å². The molecule has 0 amide bonds. The highest BCUT2D eigenvalue weighted by molar-refractivity contribution is 5.62. The van der Waals surface area contributed by atoms with Crippen LogP contribution in [0.1, 0.15) is 6.42 Å². The smallest absolute Gasteiger partial charge is 0.294 e. The van der Waals surface area contributed by atoms with Crippen LogP contribution in [0.3, 0.4) is 0 Å². The van der Waals surface area contributed by atoms with Crippen LogP contribution in [0.25, 0.3) is 11.3 Å². The Bertz CT molecular complexity index is 551. The third-order valence-electron chi connectivity index (χ3n) is 2.75. The summed E-state index contributed by atoms with van der Waals surface area (Å²) in [5, 5.41) is 2.86. The molecule has 2 aromatic rings. The maximum absolute atomic E-state index is 5.64. The van der Waals surface area contributed by atoms with Crippen molar-refractivity contribution in [3.63, 3.8) is 0 Å². The predicted octanol–water partition coefficient (Wildman–Crippen LogP) is 2.54. The van der Waals surface area contributed by atoms with Crippen molar-refractivity contribution in [3.05, 3.63) is 24.4 Å². The first-order valence-corrected chi connectivity index (χ1v) is 5.90. The molecule has 3 rings (SSSR count). The topological polar surface area (TPSA) is 56.5 Å². The second kappa shape index (κ2) is 4.60. The Labute approximate surface area is 105 Å². The molecule has 5 nitrogen and oxygen atoms in total. The molecule has 5 heteroatoms. The molecule has 1 aromatic heterocycles. The van der Waals surface area contributed by atoms with E-state index in [9.17, 15) is 0 Å². The molecule has 18 heavy (non-hydrogen) atoms. The van der Waals surface area contributed by atoms with Gasteiger partial charge in [-0.3, -0.25) is 0 Å². The lowest BCUT2D eigenvalue weighted by Gasteiger charge is -2.07. The molecule has 0 fully saturated rings. The zero-order valence-electron chi connectivity index (χ0n) is 10.1. The van der Waals surface area contributed by atoms with Gasteiger partial charge < -0.3 is 19.2 Å². The molecule has 0 unspecified atom stereocenters. The van der Waals surface area contributed by atoms with Crippen molar-refractivity contribution in [1.82, 2.24) is 4.98 Å². The maximum atomic E-state index is 5.64. The number of benzene rings is 1. The van der Waals surface area contributed by atoms with Crippen molar-refractivity contribution < 1.29 is 13.9 Å². The summed E-state index contributed by atoms with van der Waals surface area (Å²) in [7, 11) is 1.77. The highest BCUT2D eigenvalue weighted by Gasteiger charge is 2.13. The Balaban J connectivity index is 1.95. The minimum atomic E-state index is 0.497. The lowest BCUT2D eigenvalue weighted by atomic mass is 10.1. The van der Waals surface area contributed by atoms with Crippen molar-refractivity contribution in [3.8, 4) is 22.8 Å². The Hall–Kier alpha value is -2.17. The zero-order valence-corrected chi connectivity index (χ0v) is 10.1. The van der Waals surface area contributed by atoms with Gasteiger partial charge in [-0.05, 0) is 18.2 Å². The summed E-state index contributed by atoms with van der Waals surface area (Å²) in [6.45, 7) is 1.37. The molecule has 1 N–H and O–H groups in total. The lowest BCUT2D eigenvalue weighted by Crippen LogP contribution is -1.97. The van der Waals surface area contributed by atoms with Crippen molar-refractivity contribution in [2.24, 2.45) is 0 Å². The van der Waals surface area contributed by atoms with Crippen molar-refractivity contribution in [2.75, 3.05) is 25.6 Å². The Morgan fingerprint density at radius 3 is 2.78 bits per heavy atom. The van der Waals surface area contributed by atoms with Crippen LogP contribution in [0.5, 0.6) is 11.5 Å². The molecule has 0 atom stereocenters. The molecule has 0 saturated heterocycles. The van der Waals surface area contributed by atoms with E-state index in [1.165, 1.54) is 0 Å². The van der Waals surface area contributed by atoms with Crippen LogP contribution in [0.2, 0.25) is 0 Å². The van der Waals surface area contributed by atoms with Gasteiger partial charge in [0, 0.05) is 19.0 Å². The summed E-state index contributed by atoms with van der Waals surface area (Å²) in [5.41, 5.74) is 0.924. The molecule has 1 aromatic carbocycles. The van der Waals surface area contributed by atoms with Gasteiger partial charge in [-0.1, -0.05) is 0 Å². The lowest BCUT2D eigenvalue weighted by molar-refractivity contribution is 0.297. The molecular weight excluding hydrogens is 232 g/mol. The van der Waals surface area contributed by atoms with Crippen LogP contribution in [0.15, 0.2) is 28.8 Å². The van der Waals surface area contributed by atoms with Crippen molar-refractivity contribution in [2.45, 2.75) is 6.42 Å². The number of aromatic nitrogens is 1. The highest BCUT2D eigenvalue weighted by Crippen LogP contribution is 2.34. The number of hydrogen-bond acceptors (Lipinski definition) is 5. The van der Waals surface area contributed by atoms with Gasteiger partial charge in [0.05, 0.1) is 19.4 Å². The van der Waals surface area contributed by atoms with E-state index in [-0.39, 0.29) is 0 Å². The standard InChI is InChI=1S/C13H14N2O3/c1-14-13-15-8-12(18-13)9-3-4-10-11(7-9)17-6-2-5-16-10/h3-4,7-8H,2,5-6H2,1H3,(H,14,15). The third kappa shape index (κ3) is 1.99. The van der Waals surface area contributed by atoms with Gasteiger partial charge in [-0.25, -0.2) is 4.98 Å². The normalized spacial score (nSPS) is 14.1. The Morgan fingerprint density at radius 2 is 2.00 bits per heavy atom. The fourth-order valence-corrected chi connectivity index (χ4v) is 1.84. The number of ether oxygens (including phenoxy) is 2. The first-order valence-electron chi connectivity index (χ1n) is 5.90. The van der Waals surface area contributed by atoms with Gasteiger partial charge in [0.1, 0.15) is 0 Å². The summed E-state index contributed by atoms with van der Waals surface area (Å²) >= 11 is 0. The van der Waals surface area contributed by atoms with Gasteiger partial charge >= 0.3 is 0 Å². The second-order valence-electron chi connectivity index (χ2n) is 3.99. The third-order valence-corrected chi connectivity index (χ3v) is 2.75. The predicted molar refractivity (Wildman–Crippen MR) is 67.1 cm³/mol. The van der Waals surface area contributed by atoms with E-state index in [0.29, 0.717) is 25.0 Å². The van der Waals surface area contributed by atoms with Gasteiger partial charge in [0.2, 0.25) is 0 Å². The summed E-state index contributed by atoms with van der Waals surface area (Å²) in [6.07, 6.45) is 2.58. The summed E-state index contributed by atoms with van der Waals surface area (Å²) < 4.78 is 16.7. The van der Waals surface area contributed by atoms with Crippen LogP contribution in [0, 0.1) is 0 Å². The number of anilines is 1. The molecular formula is C13H14N2O3. The SMILES string of the molecule is CNc1ncc(-c2ccc3c(c2)OCCCO3)o1. The number of hydrogen-bond donors (Lipinski definition) is 1. The van der Waals surface area contributed by atoms with Gasteiger partial charge in [0.15, 0.2) is 17.3 Å². The van der Waals surface area contributed by atoms with Crippen LogP contribution >= 0.6 is 0 Å². The van der Waals surface area contributed by atoms with Crippen molar-refractivity contribution >= 4 is 6.01 Å². The average molecular weight is 246 g/mol.